The van der Waals surface area contributed by atoms with E-state index in [2.05, 4.69) is 0 Å². The zero-order chi connectivity index (χ0) is 13.2. The number of ether oxygens (including phenoxy) is 1. The minimum atomic E-state index is -0.334. The second-order valence-electron chi connectivity index (χ2n) is 5.00. The maximum absolute atomic E-state index is 10.9. The molecule has 5 heteroatoms. The van der Waals surface area contributed by atoms with Gasteiger partial charge in [0.15, 0.2) is 0 Å². The molecule has 1 aromatic rings. The fourth-order valence-corrected chi connectivity index (χ4v) is 2.49. The smallest absolute Gasteiger partial charge is 0.272 e. The van der Waals surface area contributed by atoms with Gasteiger partial charge in [0.1, 0.15) is 0 Å². The van der Waals surface area contributed by atoms with Gasteiger partial charge in [-0.05, 0) is 25.3 Å². The van der Waals surface area contributed by atoms with Gasteiger partial charge >= 0.3 is 0 Å². The molecule has 0 aromatic heterocycles. The van der Waals surface area contributed by atoms with Crippen LogP contribution in [0.25, 0.3) is 0 Å². The van der Waals surface area contributed by atoms with Gasteiger partial charge in [-0.2, -0.15) is 0 Å². The molecule has 0 saturated carbocycles. The summed E-state index contributed by atoms with van der Waals surface area (Å²) in [6.07, 6.45) is 1.67. The molecule has 1 unspecified atom stereocenters. The molecule has 5 nitrogen and oxygen atoms in total. The van der Waals surface area contributed by atoms with Crippen LogP contribution in [0, 0.1) is 22.5 Å². The third kappa shape index (κ3) is 2.37. The van der Waals surface area contributed by atoms with E-state index in [4.69, 9.17) is 10.5 Å². The lowest BCUT2D eigenvalue weighted by molar-refractivity contribution is -0.385. The van der Waals surface area contributed by atoms with Gasteiger partial charge in [0.05, 0.1) is 11.5 Å². The van der Waals surface area contributed by atoms with Gasteiger partial charge in [-0.1, -0.05) is 12.1 Å². The SMILES string of the molecule is Cc1c(CC2(CN)CCOC2)cccc1[N+](=O)[O-]. The predicted octanol–water partition coefficient (Wildman–Crippen LogP) is 1.81. The predicted molar refractivity (Wildman–Crippen MR) is 68.5 cm³/mol. The lowest BCUT2D eigenvalue weighted by atomic mass is 9.80. The fraction of sp³-hybridized carbons (Fsp3) is 0.538. The van der Waals surface area contributed by atoms with Gasteiger partial charge in [0.25, 0.3) is 5.69 Å². The average Bonchev–Trinajstić information content (AvgIpc) is 2.81. The Hall–Kier alpha value is -1.46. The number of benzene rings is 1. The van der Waals surface area contributed by atoms with Crippen LogP contribution in [-0.4, -0.2) is 24.7 Å². The van der Waals surface area contributed by atoms with Crippen LogP contribution in [-0.2, 0) is 11.2 Å². The highest BCUT2D eigenvalue weighted by Gasteiger charge is 2.34. The summed E-state index contributed by atoms with van der Waals surface area (Å²) in [5.41, 5.74) is 7.71. The Kier molecular flexibility index (Phi) is 3.63. The van der Waals surface area contributed by atoms with Crippen molar-refractivity contribution in [3.63, 3.8) is 0 Å². The summed E-state index contributed by atoms with van der Waals surface area (Å²) in [5.74, 6) is 0. The van der Waals surface area contributed by atoms with Crippen molar-refractivity contribution in [1.29, 1.82) is 0 Å². The summed E-state index contributed by atoms with van der Waals surface area (Å²) in [6.45, 7) is 3.72. The summed E-state index contributed by atoms with van der Waals surface area (Å²) in [6, 6.07) is 5.22. The van der Waals surface area contributed by atoms with Crippen molar-refractivity contribution in [1.82, 2.24) is 0 Å². The van der Waals surface area contributed by atoms with Crippen molar-refractivity contribution >= 4 is 5.69 Å². The molecule has 1 aliphatic heterocycles. The van der Waals surface area contributed by atoms with Crippen molar-refractivity contribution < 1.29 is 9.66 Å². The van der Waals surface area contributed by atoms with E-state index in [0.717, 1.165) is 30.6 Å². The van der Waals surface area contributed by atoms with Gasteiger partial charge in [-0.25, -0.2) is 0 Å². The first-order chi connectivity index (χ1) is 8.58. The van der Waals surface area contributed by atoms with E-state index in [9.17, 15) is 10.1 Å². The molecule has 0 bridgehead atoms. The molecule has 0 radical (unpaired) electrons. The molecule has 98 valence electrons. The van der Waals surface area contributed by atoms with Crippen LogP contribution in [0.3, 0.4) is 0 Å². The number of nitrogens with two attached hydrogens (primary N) is 1. The molecular formula is C13H18N2O3. The van der Waals surface area contributed by atoms with Crippen molar-refractivity contribution in [3.8, 4) is 0 Å². The lowest BCUT2D eigenvalue weighted by Crippen LogP contribution is -2.33. The van der Waals surface area contributed by atoms with E-state index >= 15 is 0 Å². The van der Waals surface area contributed by atoms with Gasteiger partial charge in [-0.3, -0.25) is 10.1 Å². The average molecular weight is 250 g/mol. The molecule has 1 heterocycles. The number of rotatable bonds is 4. The van der Waals surface area contributed by atoms with Crippen LogP contribution < -0.4 is 5.73 Å². The standard InChI is InChI=1S/C13H18N2O3/c1-10-11(3-2-4-12(10)15(16)17)7-13(8-14)5-6-18-9-13/h2-4H,5-9,14H2,1H3. The zero-order valence-electron chi connectivity index (χ0n) is 10.5. The van der Waals surface area contributed by atoms with Gasteiger partial charge in [0, 0.05) is 30.2 Å². The second kappa shape index (κ2) is 5.04. The number of nitrogens with zero attached hydrogens (tertiary/aromatic N) is 1. The van der Waals surface area contributed by atoms with E-state index in [1.54, 1.807) is 19.1 Å². The molecule has 1 aromatic carbocycles. The fourth-order valence-electron chi connectivity index (χ4n) is 2.49. The van der Waals surface area contributed by atoms with Crippen LogP contribution in [0.15, 0.2) is 18.2 Å². The zero-order valence-corrected chi connectivity index (χ0v) is 10.5. The Bertz CT molecular complexity index is 454. The summed E-state index contributed by atoms with van der Waals surface area (Å²) < 4.78 is 5.43. The molecule has 0 aliphatic carbocycles. The molecule has 1 saturated heterocycles. The summed E-state index contributed by atoms with van der Waals surface area (Å²) in [7, 11) is 0. The number of hydrogen-bond acceptors (Lipinski definition) is 4. The highest BCUT2D eigenvalue weighted by molar-refractivity contribution is 5.45. The largest absolute Gasteiger partial charge is 0.381 e. The molecule has 1 aliphatic rings. The Morgan fingerprint density at radius 2 is 2.33 bits per heavy atom. The van der Waals surface area contributed by atoms with Crippen molar-refractivity contribution in [2.45, 2.75) is 19.8 Å². The molecular weight excluding hydrogens is 232 g/mol. The van der Waals surface area contributed by atoms with Crippen LogP contribution in [0.4, 0.5) is 5.69 Å². The van der Waals surface area contributed by atoms with E-state index in [-0.39, 0.29) is 16.0 Å². The monoisotopic (exact) mass is 250 g/mol. The highest BCUT2D eigenvalue weighted by Crippen LogP contribution is 2.34. The van der Waals surface area contributed by atoms with Crippen LogP contribution in [0.5, 0.6) is 0 Å². The Morgan fingerprint density at radius 1 is 1.56 bits per heavy atom. The normalized spacial score (nSPS) is 23.2. The Morgan fingerprint density at radius 3 is 2.89 bits per heavy atom. The first kappa shape index (κ1) is 13.0. The Balaban J connectivity index is 2.29. The van der Waals surface area contributed by atoms with Crippen molar-refractivity contribution in [2.75, 3.05) is 19.8 Å². The second-order valence-corrected chi connectivity index (χ2v) is 5.00. The van der Waals surface area contributed by atoms with E-state index in [1.165, 1.54) is 0 Å². The molecule has 18 heavy (non-hydrogen) atoms. The highest BCUT2D eigenvalue weighted by atomic mass is 16.6. The quantitative estimate of drug-likeness (QED) is 0.653. The maximum atomic E-state index is 10.9. The molecule has 0 amide bonds. The topological polar surface area (TPSA) is 78.4 Å². The number of nitro benzene ring substituents is 1. The summed E-state index contributed by atoms with van der Waals surface area (Å²) in [5, 5.41) is 10.9. The molecule has 2 N–H and O–H groups in total. The molecule has 2 rings (SSSR count). The third-order valence-corrected chi connectivity index (χ3v) is 3.80. The molecule has 1 atom stereocenters. The molecule has 0 spiro atoms. The molecule has 1 fully saturated rings. The Labute approximate surface area is 106 Å². The van der Waals surface area contributed by atoms with Crippen molar-refractivity contribution in [3.05, 3.63) is 39.4 Å². The summed E-state index contributed by atoms with van der Waals surface area (Å²) in [4.78, 5) is 10.6. The van der Waals surface area contributed by atoms with E-state index < -0.39 is 0 Å². The first-order valence-corrected chi connectivity index (χ1v) is 6.09. The van der Waals surface area contributed by atoms with Gasteiger partial charge < -0.3 is 10.5 Å². The van der Waals surface area contributed by atoms with Crippen LogP contribution in [0.1, 0.15) is 17.5 Å². The van der Waals surface area contributed by atoms with Gasteiger partial charge in [-0.15, -0.1) is 0 Å². The van der Waals surface area contributed by atoms with Crippen molar-refractivity contribution in [2.24, 2.45) is 11.1 Å². The van der Waals surface area contributed by atoms with E-state index in [0.29, 0.717) is 13.2 Å². The maximum Gasteiger partial charge on any atom is 0.272 e. The number of nitro groups is 1. The van der Waals surface area contributed by atoms with Crippen LogP contribution in [0.2, 0.25) is 0 Å². The van der Waals surface area contributed by atoms with Gasteiger partial charge in [0.2, 0.25) is 0 Å². The minimum Gasteiger partial charge on any atom is -0.381 e. The van der Waals surface area contributed by atoms with Crippen LogP contribution >= 0.6 is 0 Å². The minimum absolute atomic E-state index is 0.0556. The van der Waals surface area contributed by atoms with E-state index in [1.807, 2.05) is 6.07 Å². The first-order valence-electron chi connectivity index (χ1n) is 6.09. The lowest BCUT2D eigenvalue weighted by Gasteiger charge is -2.26. The number of hydrogen-bond donors (Lipinski definition) is 1. The third-order valence-electron chi connectivity index (χ3n) is 3.80. The summed E-state index contributed by atoms with van der Waals surface area (Å²) >= 11 is 0.